The second-order valence-corrected chi connectivity index (χ2v) is 6.57. The third kappa shape index (κ3) is 4.48. The molecule has 0 N–H and O–H groups in total. The van der Waals surface area contributed by atoms with Crippen molar-refractivity contribution in [3.8, 4) is 42.5 Å². The molecule has 0 aliphatic heterocycles. The van der Waals surface area contributed by atoms with Crippen LogP contribution in [0.5, 0.6) is 0 Å². The van der Waals surface area contributed by atoms with Gasteiger partial charge >= 0.3 is 12.4 Å². The molecule has 0 fully saturated rings. The molecular weight excluding hydrogens is 488 g/mol. The summed E-state index contributed by atoms with van der Waals surface area (Å²) in [5, 5.41) is 64.2. The molecule has 0 aliphatic carbocycles. The lowest BCUT2D eigenvalue weighted by Gasteiger charge is -2.19. The monoisotopic (exact) mass is 491 g/mol. The lowest BCUT2D eigenvalue weighted by Crippen LogP contribution is -2.24. The highest BCUT2D eigenvalue weighted by molar-refractivity contribution is 5.85. The summed E-state index contributed by atoms with van der Waals surface area (Å²) in [7, 11) is 0. The molecule has 0 aromatic heterocycles. The van der Waals surface area contributed by atoms with Crippen molar-refractivity contribution in [2.45, 2.75) is 12.4 Å². The SMILES string of the molecule is N#CC(c1c(C#N)cc(C(F)(F)F)c(C#N)c1C(F)(F)F)=c1cc(C#N)c(=C(C#N)C#N)c(C#N)c1. The number of alkyl halides is 6. The lowest BCUT2D eigenvalue weighted by molar-refractivity contribution is -0.143. The van der Waals surface area contributed by atoms with Crippen LogP contribution >= 0.6 is 0 Å². The van der Waals surface area contributed by atoms with Gasteiger partial charge in [-0.3, -0.25) is 0 Å². The normalized spacial score (nSPS) is 10.3. The highest BCUT2D eigenvalue weighted by atomic mass is 19.4. The number of hydrogen-bond acceptors (Lipinski definition) is 7. The first kappa shape index (κ1) is 26.4. The Labute approximate surface area is 197 Å². The van der Waals surface area contributed by atoms with E-state index in [1.807, 2.05) is 0 Å². The molecule has 0 amide bonds. The Bertz CT molecular complexity index is 1670. The molecule has 2 aromatic carbocycles. The zero-order valence-electron chi connectivity index (χ0n) is 17.1. The Balaban J connectivity index is 3.42. The van der Waals surface area contributed by atoms with Crippen LogP contribution in [0.3, 0.4) is 0 Å². The number of nitriles is 7. The third-order valence-corrected chi connectivity index (χ3v) is 4.65. The van der Waals surface area contributed by atoms with Gasteiger partial charge < -0.3 is 0 Å². The van der Waals surface area contributed by atoms with Crippen LogP contribution in [0.25, 0.3) is 11.1 Å². The molecule has 0 heterocycles. The molecule has 0 saturated carbocycles. The molecule has 0 bridgehead atoms. The van der Waals surface area contributed by atoms with E-state index in [0.717, 1.165) is 24.3 Å². The fraction of sp³-hybridized carbons (Fsp3) is 0.0870. The van der Waals surface area contributed by atoms with E-state index >= 15 is 0 Å². The summed E-state index contributed by atoms with van der Waals surface area (Å²) >= 11 is 0. The fourth-order valence-corrected chi connectivity index (χ4v) is 3.29. The Morgan fingerprint density at radius 3 is 1.44 bits per heavy atom. The second-order valence-electron chi connectivity index (χ2n) is 6.57. The summed E-state index contributed by atoms with van der Waals surface area (Å²) < 4.78 is 82.3. The number of hydrogen-bond donors (Lipinski definition) is 0. The molecule has 0 atom stereocenters. The molecule has 13 heteroatoms. The molecule has 0 saturated heterocycles. The standard InChI is InChI=1S/C23H3F6N7/c24-22(25,26)18-3-14(6-32)20(21(17(18)10-36)23(27,28)29)16(9-35)11-1-12(4-30)19(13(2-11)5-31)15(7-33)8-34/h1-3H. The minimum Gasteiger partial charge on any atom is -0.192 e. The number of rotatable bonds is 1. The van der Waals surface area contributed by atoms with Crippen LogP contribution in [0.15, 0.2) is 18.2 Å². The van der Waals surface area contributed by atoms with Crippen LogP contribution in [0.4, 0.5) is 26.3 Å². The molecule has 7 nitrogen and oxygen atoms in total. The second kappa shape index (κ2) is 9.59. The smallest absolute Gasteiger partial charge is 0.192 e. The topological polar surface area (TPSA) is 167 Å². The third-order valence-electron chi connectivity index (χ3n) is 4.65. The Kier molecular flexibility index (Phi) is 7.04. The maximum Gasteiger partial charge on any atom is 0.418 e. The minimum atomic E-state index is -5.66. The van der Waals surface area contributed by atoms with Gasteiger partial charge in [0.2, 0.25) is 0 Å². The Morgan fingerprint density at radius 2 is 1.11 bits per heavy atom. The predicted molar refractivity (Wildman–Crippen MR) is 104 cm³/mol. The molecule has 0 radical (unpaired) electrons. The van der Waals surface area contributed by atoms with Crippen LogP contribution in [0.2, 0.25) is 0 Å². The van der Waals surface area contributed by atoms with E-state index in [1.54, 1.807) is 0 Å². The molecule has 0 spiro atoms. The minimum absolute atomic E-state index is 0.0114. The van der Waals surface area contributed by atoms with Crippen molar-refractivity contribution in [1.82, 2.24) is 0 Å². The zero-order valence-corrected chi connectivity index (χ0v) is 17.1. The van der Waals surface area contributed by atoms with E-state index < -0.39 is 72.9 Å². The van der Waals surface area contributed by atoms with Gasteiger partial charge in [-0.15, -0.1) is 0 Å². The highest BCUT2D eigenvalue weighted by Gasteiger charge is 2.45. The lowest BCUT2D eigenvalue weighted by atomic mass is 9.86. The van der Waals surface area contributed by atoms with E-state index in [4.69, 9.17) is 10.5 Å². The average molecular weight is 491 g/mol. The fourth-order valence-electron chi connectivity index (χ4n) is 3.29. The van der Waals surface area contributed by atoms with Crippen LogP contribution in [-0.2, 0) is 12.4 Å². The maximum atomic E-state index is 14.0. The van der Waals surface area contributed by atoms with Crippen molar-refractivity contribution < 1.29 is 26.3 Å². The number of halogens is 6. The van der Waals surface area contributed by atoms with Crippen LogP contribution < -0.4 is 10.4 Å². The van der Waals surface area contributed by atoms with Gasteiger partial charge in [0.1, 0.15) is 29.8 Å². The Morgan fingerprint density at radius 1 is 0.611 bits per heavy atom. The van der Waals surface area contributed by atoms with E-state index in [1.165, 1.54) is 30.3 Å². The van der Waals surface area contributed by atoms with Gasteiger partial charge in [0, 0.05) is 10.8 Å². The zero-order chi connectivity index (χ0) is 27.4. The van der Waals surface area contributed by atoms with Gasteiger partial charge in [-0.05, 0) is 23.4 Å². The van der Waals surface area contributed by atoms with Gasteiger partial charge in [0.15, 0.2) is 0 Å². The van der Waals surface area contributed by atoms with Gasteiger partial charge in [0.25, 0.3) is 0 Å². The number of benzene rings is 2. The van der Waals surface area contributed by atoms with E-state index in [-0.39, 0.29) is 6.07 Å². The maximum absolute atomic E-state index is 14.0. The van der Waals surface area contributed by atoms with Crippen molar-refractivity contribution in [3.05, 3.63) is 67.6 Å². The molecule has 36 heavy (non-hydrogen) atoms. The van der Waals surface area contributed by atoms with Crippen molar-refractivity contribution in [1.29, 1.82) is 36.8 Å². The highest BCUT2D eigenvalue weighted by Crippen LogP contribution is 2.43. The molecule has 0 unspecified atom stereocenters. The molecule has 2 aromatic rings. The van der Waals surface area contributed by atoms with E-state index in [2.05, 4.69) is 0 Å². The summed E-state index contributed by atoms with van der Waals surface area (Å²) in [5.74, 6) is 0. The van der Waals surface area contributed by atoms with E-state index in [9.17, 15) is 52.7 Å². The summed E-state index contributed by atoms with van der Waals surface area (Å²) in [6.07, 6.45) is -11.1. The van der Waals surface area contributed by atoms with E-state index in [0.29, 0.717) is 0 Å². The van der Waals surface area contributed by atoms with Crippen molar-refractivity contribution in [3.63, 3.8) is 0 Å². The van der Waals surface area contributed by atoms with Gasteiger partial charge in [-0.2, -0.15) is 63.2 Å². The average Bonchev–Trinajstić information content (AvgIpc) is 2.83. The predicted octanol–water partition coefficient (Wildman–Crippen LogP) is 3.13. The van der Waals surface area contributed by atoms with Crippen LogP contribution in [0.1, 0.15) is 38.9 Å². The largest absolute Gasteiger partial charge is 0.418 e. The molecule has 172 valence electrons. The van der Waals surface area contributed by atoms with Gasteiger partial charge in [-0.25, -0.2) is 0 Å². The first-order valence-electron chi connectivity index (χ1n) is 8.93. The molecule has 2 rings (SSSR count). The quantitative estimate of drug-likeness (QED) is 0.552. The molecule has 0 aliphatic rings. The summed E-state index contributed by atoms with van der Waals surface area (Å²) in [4.78, 5) is 0. The Hall–Kier alpha value is -5.81. The summed E-state index contributed by atoms with van der Waals surface area (Å²) in [5.41, 5.74) is -11.8. The summed E-state index contributed by atoms with van der Waals surface area (Å²) in [6.45, 7) is 0. The van der Waals surface area contributed by atoms with Gasteiger partial charge in [0.05, 0.1) is 57.2 Å². The van der Waals surface area contributed by atoms with Crippen molar-refractivity contribution >= 4 is 11.1 Å². The number of nitrogens with zero attached hydrogens (tertiary/aromatic N) is 7. The summed E-state index contributed by atoms with van der Waals surface area (Å²) in [6, 6.07) is 10.7. The van der Waals surface area contributed by atoms with Crippen LogP contribution in [0, 0.1) is 79.3 Å². The first-order valence-corrected chi connectivity index (χ1v) is 8.93. The van der Waals surface area contributed by atoms with Gasteiger partial charge in [-0.1, -0.05) is 0 Å². The first-order chi connectivity index (χ1) is 16.8. The van der Waals surface area contributed by atoms with Crippen LogP contribution in [-0.4, -0.2) is 0 Å². The van der Waals surface area contributed by atoms with Crippen molar-refractivity contribution in [2.75, 3.05) is 0 Å². The van der Waals surface area contributed by atoms with Crippen molar-refractivity contribution in [2.24, 2.45) is 0 Å². The molecular formula is C23H3F6N7.